The third-order valence-corrected chi connectivity index (χ3v) is 17.4. The maximum atomic E-state index is 12.2. The Bertz CT molecular complexity index is 1640. The fraction of sp³-hybridized carbons (Fsp3) is 0.956. The van der Waals surface area contributed by atoms with Gasteiger partial charge in [-0.05, 0) is 80.5 Å². The van der Waals surface area contributed by atoms with Crippen molar-refractivity contribution in [2.75, 3.05) is 19.8 Å². The van der Waals surface area contributed by atoms with E-state index >= 15 is 0 Å². The molecule has 4 saturated heterocycles. The van der Waals surface area contributed by atoms with Gasteiger partial charge in [0.1, 0.15) is 67.1 Å². The van der Waals surface area contributed by atoms with Crippen LogP contribution in [0.25, 0.3) is 0 Å². The van der Waals surface area contributed by atoms with Gasteiger partial charge in [-0.15, -0.1) is 0 Å². The smallest absolute Gasteiger partial charge is 0.187 e. The highest BCUT2D eigenvalue weighted by molar-refractivity contribution is 5.28. The molecule has 4 aliphatic carbocycles. The molecule has 19 nitrogen and oxygen atoms in total. The average molecular weight is 919 g/mol. The molecule has 4 heterocycles. The van der Waals surface area contributed by atoms with Crippen LogP contribution in [0.5, 0.6) is 0 Å². The Morgan fingerprint density at radius 2 is 1.38 bits per heavy atom. The van der Waals surface area contributed by atoms with E-state index in [-0.39, 0.29) is 53.6 Å². The summed E-state index contributed by atoms with van der Waals surface area (Å²) in [5, 5.41) is 127. The number of aliphatic hydroxyl groups is 12. The normalized spacial score (nSPS) is 55.5. The second-order valence-corrected chi connectivity index (χ2v) is 21.1. The lowest BCUT2D eigenvalue weighted by Gasteiger charge is -2.60. The van der Waals surface area contributed by atoms with Gasteiger partial charge in [0, 0.05) is 24.2 Å². The minimum Gasteiger partial charge on any atom is -0.394 e. The summed E-state index contributed by atoms with van der Waals surface area (Å²) in [5.74, 6) is -1.01. The van der Waals surface area contributed by atoms with Gasteiger partial charge in [-0.1, -0.05) is 39.3 Å². The summed E-state index contributed by atoms with van der Waals surface area (Å²) < 4.78 is 42.3. The van der Waals surface area contributed by atoms with Crippen molar-refractivity contribution in [3.05, 3.63) is 11.6 Å². The van der Waals surface area contributed by atoms with E-state index in [4.69, 9.17) is 33.2 Å². The van der Waals surface area contributed by atoms with Gasteiger partial charge in [0.05, 0.1) is 44.2 Å². The molecule has 19 heteroatoms. The maximum absolute atomic E-state index is 12.2. The zero-order chi connectivity index (χ0) is 46.4. The number of fused-ring (bicyclic) bond motifs is 7. The van der Waals surface area contributed by atoms with Gasteiger partial charge in [0.2, 0.25) is 0 Å². The van der Waals surface area contributed by atoms with Crippen molar-refractivity contribution < 1.29 is 94.4 Å². The van der Waals surface area contributed by atoms with E-state index in [2.05, 4.69) is 26.8 Å². The van der Waals surface area contributed by atoms with Gasteiger partial charge in [0.15, 0.2) is 24.7 Å². The summed E-state index contributed by atoms with van der Waals surface area (Å²) in [5.41, 5.74) is 0.442. The lowest BCUT2D eigenvalue weighted by molar-refractivity contribution is -0.365. The van der Waals surface area contributed by atoms with Gasteiger partial charge in [0.25, 0.3) is 0 Å². The monoisotopic (exact) mass is 918 g/mol. The van der Waals surface area contributed by atoms with E-state index in [0.717, 1.165) is 31.3 Å². The van der Waals surface area contributed by atoms with E-state index < -0.39 is 129 Å². The van der Waals surface area contributed by atoms with Crippen molar-refractivity contribution in [1.29, 1.82) is 0 Å². The first-order chi connectivity index (χ1) is 30.2. The lowest BCUT2D eigenvalue weighted by atomic mass is 9.46. The summed E-state index contributed by atoms with van der Waals surface area (Å²) in [6, 6.07) is 0. The molecule has 64 heavy (non-hydrogen) atoms. The fourth-order valence-electron chi connectivity index (χ4n) is 13.6. The van der Waals surface area contributed by atoms with Crippen LogP contribution in [-0.4, -0.2) is 197 Å². The number of rotatable bonds is 12. The molecule has 0 amide bonds. The van der Waals surface area contributed by atoms with Crippen LogP contribution < -0.4 is 0 Å². The molecule has 1 unspecified atom stereocenters. The number of ether oxygens (including phenoxy) is 7. The molecular formula is C45H74O19. The Morgan fingerprint density at radius 1 is 0.750 bits per heavy atom. The minimum atomic E-state index is -1.69. The average Bonchev–Trinajstić information content (AvgIpc) is 3.70. The second kappa shape index (κ2) is 18.7. The number of allylic oxidation sites excluding steroid dienone is 1. The highest BCUT2D eigenvalue weighted by Crippen LogP contribution is 2.70. The van der Waals surface area contributed by atoms with Crippen LogP contribution in [0.15, 0.2) is 11.6 Å². The molecular weight excluding hydrogens is 844 g/mol. The van der Waals surface area contributed by atoms with Crippen LogP contribution in [0, 0.1) is 46.3 Å². The zero-order valence-electron chi connectivity index (χ0n) is 37.4. The maximum Gasteiger partial charge on any atom is 0.187 e. The molecule has 27 atom stereocenters. The van der Waals surface area contributed by atoms with Gasteiger partial charge in [-0.2, -0.15) is 0 Å². The molecule has 3 saturated carbocycles. The Morgan fingerprint density at radius 3 is 2.05 bits per heavy atom. The molecule has 12 N–H and O–H groups in total. The van der Waals surface area contributed by atoms with Crippen molar-refractivity contribution in [2.24, 2.45) is 46.3 Å². The molecule has 8 aliphatic rings. The largest absolute Gasteiger partial charge is 0.394 e. The summed E-state index contributed by atoms with van der Waals surface area (Å²) >= 11 is 0. The number of aliphatic hydroxyl groups excluding tert-OH is 11. The first-order valence-corrected chi connectivity index (χ1v) is 23.5. The fourth-order valence-corrected chi connectivity index (χ4v) is 13.6. The first kappa shape index (κ1) is 49.4. The van der Waals surface area contributed by atoms with E-state index in [1.54, 1.807) is 0 Å². The Balaban J connectivity index is 0.904. The quantitative estimate of drug-likeness (QED) is 0.0956. The van der Waals surface area contributed by atoms with Crippen LogP contribution in [0.2, 0.25) is 0 Å². The van der Waals surface area contributed by atoms with E-state index in [1.165, 1.54) is 6.92 Å². The Hall–Kier alpha value is -1.02. The van der Waals surface area contributed by atoms with Crippen molar-refractivity contribution in [1.82, 2.24) is 0 Å². The molecule has 0 bridgehead atoms. The number of hydrogen-bond donors (Lipinski definition) is 12. The van der Waals surface area contributed by atoms with Crippen LogP contribution in [-0.2, 0) is 33.2 Å². The highest BCUT2D eigenvalue weighted by atomic mass is 16.8. The predicted octanol–water partition coefficient (Wildman–Crippen LogP) is -1.86. The summed E-state index contributed by atoms with van der Waals surface area (Å²) in [6.45, 7) is 8.84. The molecule has 368 valence electrons. The summed E-state index contributed by atoms with van der Waals surface area (Å²) in [7, 11) is 0. The lowest BCUT2D eigenvalue weighted by Crippen LogP contribution is -2.64. The highest BCUT2D eigenvalue weighted by Gasteiger charge is 2.69. The molecule has 4 aliphatic heterocycles. The van der Waals surface area contributed by atoms with E-state index in [1.807, 2.05) is 6.92 Å². The zero-order valence-corrected chi connectivity index (χ0v) is 37.4. The van der Waals surface area contributed by atoms with Gasteiger partial charge < -0.3 is 94.4 Å². The summed E-state index contributed by atoms with van der Waals surface area (Å²) in [6.07, 6.45) is -15.6. The topological polar surface area (TPSA) is 307 Å². The van der Waals surface area contributed by atoms with Crippen molar-refractivity contribution in [2.45, 2.75) is 202 Å². The molecule has 0 spiro atoms. The van der Waals surface area contributed by atoms with Crippen molar-refractivity contribution in [3.63, 3.8) is 0 Å². The molecule has 0 aromatic rings. The van der Waals surface area contributed by atoms with Crippen molar-refractivity contribution in [3.8, 4) is 0 Å². The standard InChI is InChI=1S/C45H74O19/c1-18(17-58-42-39(36(54)33(51)28(16-47)61-42)63-40-37(55)34(52)31(49)20(3)59-40)8-11-45(57)19(2)30-26(64-45)14-25-23-7-6-21-12-22(48)13-29(44(21,5)24(23)9-10-43(25,30)4)62-41-38(56)35(53)32(50)27(15-46)60-41/h6,18-20,22-42,46-57H,7-17H2,1-5H3/t18?,19-,20-,22+,23+,24-,25-,26-,27+,28+,29+,30-,31-,32-,33+,34+,35-,36-,37+,38+,39+,40-,41-,42+,43-,44-,45-/m0/s1. The molecule has 0 aromatic heterocycles. The van der Waals surface area contributed by atoms with Crippen molar-refractivity contribution >= 4 is 0 Å². The molecule has 7 fully saturated rings. The minimum absolute atomic E-state index is 0.0594. The SMILES string of the molecule is CC(CC[C@]1(O)O[C@H]2C[C@H]3[C@@H]4CC=C5C[C@@H](O)C[C@@H](O[C@@H]6O[C@H](CO)[C@H](O)[C@H](O)[C@H]6O)[C@]5(C)[C@H]4CC[C@]3(C)[C@H]2[C@@H]1C)CO[C@@H]1O[C@H](CO)[C@@H](O)[C@H](O)[C@H]1O[C@@H]1O[C@@H](C)[C@H](O)[C@@H](O)[C@H]1O. The van der Waals surface area contributed by atoms with E-state index in [0.29, 0.717) is 25.7 Å². The van der Waals surface area contributed by atoms with E-state index in [9.17, 15) is 61.3 Å². The van der Waals surface area contributed by atoms with Crippen LogP contribution in [0.1, 0.15) is 86.0 Å². The van der Waals surface area contributed by atoms with Crippen LogP contribution >= 0.6 is 0 Å². The molecule has 0 aromatic carbocycles. The first-order valence-electron chi connectivity index (χ1n) is 23.5. The van der Waals surface area contributed by atoms with Crippen LogP contribution in [0.4, 0.5) is 0 Å². The third-order valence-electron chi connectivity index (χ3n) is 17.4. The number of hydrogen-bond acceptors (Lipinski definition) is 19. The van der Waals surface area contributed by atoms with Gasteiger partial charge in [-0.3, -0.25) is 0 Å². The third kappa shape index (κ3) is 8.36. The van der Waals surface area contributed by atoms with Gasteiger partial charge in [-0.25, -0.2) is 0 Å². The summed E-state index contributed by atoms with van der Waals surface area (Å²) in [4.78, 5) is 0. The van der Waals surface area contributed by atoms with Gasteiger partial charge >= 0.3 is 0 Å². The Kier molecular flexibility index (Phi) is 14.4. The Labute approximate surface area is 373 Å². The second-order valence-electron chi connectivity index (χ2n) is 21.1. The predicted molar refractivity (Wildman–Crippen MR) is 219 cm³/mol. The molecule has 8 rings (SSSR count). The molecule has 0 radical (unpaired) electrons. The van der Waals surface area contributed by atoms with Crippen LogP contribution in [0.3, 0.4) is 0 Å².